The minimum Gasteiger partial charge on any atom is -0.489 e. The topological polar surface area (TPSA) is 9.23 Å². The van der Waals surface area contributed by atoms with Crippen LogP contribution in [0.15, 0.2) is 15.0 Å². The molecule has 0 aliphatic rings. The summed E-state index contributed by atoms with van der Waals surface area (Å²) in [5, 5.41) is 0. The normalized spacial score (nSPS) is 10.2. The molecule has 1 rings (SSSR count). The van der Waals surface area contributed by atoms with Gasteiger partial charge in [0.15, 0.2) is 11.6 Å². The number of hydrogen-bond acceptors (Lipinski definition) is 1. The molecule has 0 aliphatic carbocycles. The maximum atomic E-state index is 13.3. The van der Waals surface area contributed by atoms with Crippen molar-refractivity contribution in [3.63, 3.8) is 0 Å². The fourth-order valence-corrected chi connectivity index (χ4v) is 1.61. The van der Waals surface area contributed by atoms with E-state index in [4.69, 9.17) is 4.74 Å². The SMILES string of the molecule is CCOc1c(F)c(Br)cc(F)c1Br. The van der Waals surface area contributed by atoms with Crippen molar-refractivity contribution in [1.82, 2.24) is 0 Å². The minimum absolute atomic E-state index is 0.00931. The molecule has 0 radical (unpaired) electrons. The molecule has 0 N–H and O–H groups in total. The third-order valence-electron chi connectivity index (χ3n) is 1.36. The maximum absolute atomic E-state index is 13.3. The lowest BCUT2D eigenvalue weighted by molar-refractivity contribution is 0.315. The highest BCUT2D eigenvalue weighted by molar-refractivity contribution is 9.11. The maximum Gasteiger partial charge on any atom is 0.180 e. The Morgan fingerprint density at radius 2 is 2.00 bits per heavy atom. The fraction of sp³-hybridized carbons (Fsp3) is 0.250. The van der Waals surface area contributed by atoms with Crippen molar-refractivity contribution < 1.29 is 13.5 Å². The van der Waals surface area contributed by atoms with Gasteiger partial charge in [-0.1, -0.05) is 0 Å². The van der Waals surface area contributed by atoms with Gasteiger partial charge in [0.2, 0.25) is 0 Å². The summed E-state index contributed by atoms with van der Waals surface area (Å²) in [6.45, 7) is 1.98. The summed E-state index contributed by atoms with van der Waals surface area (Å²) in [7, 11) is 0. The molecule has 0 spiro atoms. The van der Waals surface area contributed by atoms with Gasteiger partial charge in [0.05, 0.1) is 15.6 Å². The van der Waals surface area contributed by atoms with E-state index >= 15 is 0 Å². The zero-order chi connectivity index (χ0) is 10.0. The van der Waals surface area contributed by atoms with E-state index in [2.05, 4.69) is 31.9 Å². The summed E-state index contributed by atoms with van der Waals surface area (Å²) < 4.78 is 31.3. The highest BCUT2D eigenvalue weighted by atomic mass is 79.9. The van der Waals surface area contributed by atoms with Gasteiger partial charge >= 0.3 is 0 Å². The van der Waals surface area contributed by atoms with E-state index in [0.717, 1.165) is 6.07 Å². The van der Waals surface area contributed by atoms with E-state index < -0.39 is 11.6 Å². The summed E-state index contributed by atoms with van der Waals surface area (Å²) in [5.41, 5.74) is 0. The molecule has 0 saturated carbocycles. The molecule has 5 heteroatoms. The lowest BCUT2D eigenvalue weighted by Gasteiger charge is -2.08. The zero-order valence-corrected chi connectivity index (χ0v) is 9.88. The van der Waals surface area contributed by atoms with Gasteiger partial charge in [-0.3, -0.25) is 0 Å². The highest BCUT2D eigenvalue weighted by Gasteiger charge is 2.16. The van der Waals surface area contributed by atoms with Crippen LogP contribution >= 0.6 is 31.9 Å². The number of rotatable bonds is 2. The first-order chi connectivity index (χ1) is 6.07. The highest BCUT2D eigenvalue weighted by Crippen LogP contribution is 2.35. The molecule has 0 heterocycles. The van der Waals surface area contributed by atoms with Gasteiger partial charge in [-0.15, -0.1) is 0 Å². The summed E-state index contributed by atoms with van der Waals surface area (Å²) in [6.07, 6.45) is 0. The van der Waals surface area contributed by atoms with Crippen molar-refractivity contribution in [2.75, 3.05) is 6.61 Å². The lowest BCUT2D eigenvalue weighted by atomic mass is 10.3. The number of hydrogen-bond donors (Lipinski definition) is 0. The van der Waals surface area contributed by atoms with Crippen LogP contribution in [0.2, 0.25) is 0 Å². The van der Waals surface area contributed by atoms with Crippen molar-refractivity contribution in [3.8, 4) is 5.75 Å². The van der Waals surface area contributed by atoms with Crippen LogP contribution < -0.4 is 4.74 Å². The lowest BCUT2D eigenvalue weighted by Crippen LogP contribution is -1.98. The summed E-state index contributed by atoms with van der Waals surface area (Å²) >= 11 is 5.79. The third kappa shape index (κ3) is 2.20. The number of halogens is 4. The Balaban J connectivity index is 3.28. The summed E-state index contributed by atoms with van der Waals surface area (Å²) in [6, 6.07) is 1.04. The Morgan fingerprint density at radius 1 is 1.38 bits per heavy atom. The molecule has 0 atom stereocenters. The third-order valence-corrected chi connectivity index (χ3v) is 2.68. The second-order valence-electron chi connectivity index (χ2n) is 2.23. The predicted octanol–water partition coefficient (Wildman–Crippen LogP) is 3.89. The van der Waals surface area contributed by atoms with Gasteiger partial charge in [-0.25, -0.2) is 8.78 Å². The van der Waals surface area contributed by atoms with Gasteiger partial charge in [-0.2, -0.15) is 0 Å². The van der Waals surface area contributed by atoms with Crippen molar-refractivity contribution in [1.29, 1.82) is 0 Å². The average Bonchev–Trinajstić information content (AvgIpc) is 2.09. The number of ether oxygens (including phenoxy) is 1. The first kappa shape index (κ1) is 10.9. The van der Waals surface area contributed by atoms with Gasteiger partial charge in [0.1, 0.15) is 5.82 Å². The zero-order valence-electron chi connectivity index (χ0n) is 6.70. The second kappa shape index (κ2) is 4.37. The van der Waals surface area contributed by atoms with E-state index in [0.29, 0.717) is 0 Å². The van der Waals surface area contributed by atoms with Gasteiger partial charge in [0.25, 0.3) is 0 Å². The van der Waals surface area contributed by atoms with Crippen LogP contribution in [0.5, 0.6) is 5.75 Å². The van der Waals surface area contributed by atoms with E-state index in [-0.39, 0.29) is 21.3 Å². The average molecular weight is 316 g/mol. The van der Waals surface area contributed by atoms with Crippen LogP contribution in [0.25, 0.3) is 0 Å². The van der Waals surface area contributed by atoms with Crippen molar-refractivity contribution >= 4 is 31.9 Å². The van der Waals surface area contributed by atoms with Crippen molar-refractivity contribution in [2.45, 2.75) is 6.92 Å². The van der Waals surface area contributed by atoms with Crippen LogP contribution in [-0.2, 0) is 0 Å². The molecule has 0 aliphatic heterocycles. The smallest absolute Gasteiger partial charge is 0.180 e. The first-order valence-corrected chi connectivity index (χ1v) is 5.12. The van der Waals surface area contributed by atoms with E-state index in [1.165, 1.54) is 0 Å². The first-order valence-electron chi connectivity index (χ1n) is 3.53. The second-order valence-corrected chi connectivity index (χ2v) is 3.88. The predicted molar refractivity (Wildman–Crippen MR) is 52.9 cm³/mol. The Kier molecular flexibility index (Phi) is 3.67. The molecule has 0 aromatic heterocycles. The summed E-state index contributed by atoms with van der Waals surface area (Å²) in [4.78, 5) is 0. The largest absolute Gasteiger partial charge is 0.489 e. The van der Waals surface area contributed by atoms with Crippen molar-refractivity contribution in [3.05, 3.63) is 26.6 Å². The molecular weight excluding hydrogens is 310 g/mol. The van der Waals surface area contributed by atoms with Crippen molar-refractivity contribution in [2.24, 2.45) is 0 Å². The summed E-state index contributed by atoms with van der Waals surface area (Å²) in [5.74, 6) is -1.26. The van der Waals surface area contributed by atoms with Gasteiger partial charge in [-0.05, 0) is 44.8 Å². The standard InChI is InChI=1S/C8H6Br2F2O/c1-2-13-8-6(10)5(11)3-4(9)7(8)12/h3H,2H2,1H3. The fourth-order valence-electron chi connectivity index (χ4n) is 0.822. The molecule has 13 heavy (non-hydrogen) atoms. The molecule has 0 fully saturated rings. The Labute approximate surface area is 91.3 Å². The number of benzene rings is 1. The van der Waals surface area contributed by atoms with Gasteiger partial charge < -0.3 is 4.74 Å². The van der Waals surface area contributed by atoms with E-state index in [9.17, 15) is 8.78 Å². The van der Waals surface area contributed by atoms with Crippen LogP contribution in [-0.4, -0.2) is 6.61 Å². The molecule has 1 aromatic rings. The van der Waals surface area contributed by atoms with Crippen LogP contribution in [0.1, 0.15) is 6.92 Å². The van der Waals surface area contributed by atoms with Crippen LogP contribution in [0.4, 0.5) is 8.78 Å². The Bertz CT molecular complexity index is 302. The van der Waals surface area contributed by atoms with Crippen LogP contribution in [0.3, 0.4) is 0 Å². The van der Waals surface area contributed by atoms with E-state index in [1.54, 1.807) is 6.92 Å². The van der Waals surface area contributed by atoms with E-state index in [1.807, 2.05) is 0 Å². The molecular formula is C8H6Br2F2O. The van der Waals surface area contributed by atoms with Gasteiger partial charge in [0, 0.05) is 0 Å². The minimum atomic E-state index is -0.602. The molecule has 0 saturated heterocycles. The molecule has 1 aromatic carbocycles. The molecule has 0 unspecified atom stereocenters. The Morgan fingerprint density at radius 3 is 2.54 bits per heavy atom. The Hall–Kier alpha value is -0.160. The molecule has 0 bridgehead atoms. The van der Waals surface area contributed by atoms with Crippen LogP contribution in [0, 0.1) is 11.6 Å². The monoisotopic (exact) mass is 314 g/mol. The molecule has 72 valence electrons. The molecule has 1 nitrogen and oxygen atoms in total. The molecule has 0 amide bonds. The quantitative estimate of drug-likeness (QED) is 0.752.